The van der Waals surface area contributed by atoms with Crippen LogP contribution in [0, 0.1) is 21.4 Å². The first-order valence-corrected chi connectivity index (χ1v) is 11.2. The van der Waals surface area contributed by atoms with E-state index in [-0.39, 0.29) is 41.7 Å². The molecule has 0 aliphatic carbocycles. The lowest BCUT2D eigenvalue weighted by Gasteiger charge is -2.27. The number of nitrogens with two attached hydrogens (primary N) is 1. The van der Waals surface area contributed by atoms with Gasteiger partial charge in [0.2, 0.25) is 5.88 Å². The fraction of sp³-hybridized carbons (Fsp3) is 0.250. The third-order valence-electron chi connectivity index (χ3n) is 5.19. The van der Waals surface area contributed by atoms with Crippen molar-refractivity contribution in [2.24, 2.45) is 5.73 Å². The number of methoxy groups -OCH3 is 1. The van der Waals surface area contributed by atoms with Crippen molar-refractivity contribution in [1.29, 1.82) is 5.26 Å². The fourth-order valence-electron chi connectivity index (χ4n) is 3.65. The Bertz CT molecular complexity index is 1280. The van der Waals surface area contributed by atoms with E-state index < -0.39 is 16.8 Å². The highest BCUT2D eigenvalue weighted by Crippen LogP contribution is 2.45. The molecule has 1 heterocycles. The topological polar surface area (TPSA) is 147 Å². The molecule has 0 aromatic heterocycles. The van der Waals surface area contributed by atoms with E-state index in [1.807, 2.05) is 6.07 Å². The maximum atomic E-state index is 12.8. The Labute approximate surface area is 209 Å². The van der Waals surface area contributed by atoms with Crippen LogP contribution in [0.15, 0.2) is 63.7 Å². The smallest absolute Gasteiger partial charge is 0.338 e. The van der Waals surface area contributed by atoms with Gasteiger partial charge in [0.05, 0.1) is 34.6 Å². The molecule has 0 saturated carbocycles. The second kappa shape index (κ2) is 10.9. The lowest BCUT2D eigenvalue weighted by molar-refractivity contribution is -0.384. The number of nitriles is 1. The Kier molecular flexibility index (Phi) is 7.98. The number of allylic oxidation sites excluding steroid dienone is 2. The summed E-state index contributed by atoms with van der Waals surface area (Å²) in [6, 6.07) is 11.4. The molecule has 0 spiro atoms. The van der Waals surface area contributed by atoms with Crippen LogP contribution in [0.4, 0.5) is 5.69 Å². The molecule has 2 aromatic carbocycles. The van der Waals surface area contributed by atoms with Gasteiger partial charge in [-0.15, -0.1) is 0 Å². The van der Waals surface area contributed by atoms with E-state index in [1.165, 1.54) is 19.2 Å². The number of carbonyl (C=O) groups excluding carboxylic acids is 1. The van der Waals surface area contributed by atoms with Gasteiger partial charge in [0.25, 0.3) is 5.69 Å². The summed E-state index contributed by atoms with van der Waals surface area (Å²) in [6.07, 6.45) is 0. The number of carbonyl (C=O) groups is 1. The average Bonchev–Trinajstić information content (AvgIpc) is 2.82. The zero-order chi connectivity index (χ0) is 25.7. The van der Waals surface area contributed by atoms with Gasteiger partial charge in [-0.3, -0.25) is 10.1 Å². The van der Waals surface area contributed by atoms with Crippen molar-refractivity contribution in [2.45, 2.75) is 26.4 Å². The zero-order valence-corrected chi connectivity index (χ0v) is 20.7. The van der Waals surface area contributed by atoms with Gasteiger partial charge in [-0.2, -0.15) is 5.26 Å². The van der Waals surface area contributed by atoms with Crippen LogP contribution in [0.1, 0.15) is 30.9 Å². The van der Waals surface area contributed by atoms with E-state index >= 15 is 0 Å². The molecule has 35 heavy (non-hydrogen) atoms. The van der Waals surface area contributed by atoms with E-state index in [9.17, 15) is 20.2 Å². The molecule has 11 heteroatoms. The quantitative estimate of drug-likeness (QED) is 0.286. The predicted molar refractivity (Wildman–Crippen MR) is 128 cm³/mol. The first-order valence-electron chi connectivity index (χ1n) is 10.4. The van der Waals surface area contributed by atoms with E-state index in [1.54, 1.807) is 38.1 Å². The first-order chi connectivity index (χ1) is 16.7. The van der Waals surface area contributed by atoms with Crippen LogP contribution >= 0.6 is 15.9 Å². The summed E-state index contributed by atoms with van der Waals surface area (Å²) in [4.78, 5) is 23.3. The van der Waals surface area contributed by atoms with Crippen molar-refractivity contribution < 1.29 is 28.7 Å². The maximum absolute atomic E-state index is 12.8. The van der Waals surface area contributed by atoms with Crippen LogP contribution in [0.3, 0.4) is 0 Å². The van der Waals surface area contributed by atoms with Gasteiger partial charge in [0, 0.05) is 12.1 Å². The van der Waals surface area contributed by atoms with Crippen molar-refractivity contribution in [2.75, 3.05) is 13.7 Å². The van der Waals surface area contributed by atoms with Gasteiger partial charge in [-0.1, -0.05) is 12.1 Å². The summed E-state index contributed by atoms with van der Waals surface area (Å²) in [6.45, 7) is 3.43. The monoisotopic (exact) mass is 543 g/mol. The van der Waals surface area contributed by atoms with E-state index in [2.05, 4.69) is 15.9 Å². The second-order valence-electron chi connectivity index (χ2n) is 7.36. The molecule has 0 fully saturated rings. The molecule has 1 unspecified atom stereocenters. The van der Waals surface area contributed by atoms with Crippen LogP contribution in [-0.2, 0) is 20.9 Å². The highest BCUT2D eigenvalue weighted by molar-refractivity contribution is 9.10. The van der Waals surface area contributed by atoms with Gasteiger partial charge in [0.1, 0.15) is 24.0 Å². The average molecular weight is 544 g/mol. The molecule has 10 nitrogen and oxygen atoms in total. The number of rotatable bonds is 8. The van der Waals surface area contributed by atoms with Gasteiger partial charge in [0.15, 0.2) is 11.5 Å². The number of hydrogen-bond donors (Lipinski definition) is 1. The molecular weight excluding hydrogens is 522 g/mol. The molecular formula is C24H22BrN3O7. The summed E-state index contributed by atoms with van der Waals surface area (Å²) >= 11 is 3.47. The van der Waals surface area contributed by atoms with Gasteiger partial charge >= 0.3 is 5.97 Å². The van der Waals surface area contributed by atoms with Crippen LogP contribution in [0.25, 0.3) is 0 Å². The number of nitro benzene ring substituents is 1. The molecule has 3 rings (SSSR count). The normalized spacial score (nSPS) is 15.2. The molecule has 1 atom stereocenters. The Hall–Kier alpha value is -4.04. The number of esters is 1. The van der Waals surface area contributed by atoms with Crippen LogP contribution < -0.4 is 15.2 Å². The van der Waals surface area contributed by atoms with E-state index in [0.29, 0.717) is 27.1 Å². The maximum Gasteiger partial charge on any atom is 0.338 e. The summed E-state index contributed by atoms with van der Waals surface area (Å²) in [5.41, 5.74) is 7.22. The lowest BCUT2D eigenvalue weighted by Crippen LogP contribution is -2.25. The summed E-state index contributed by atoms with van der Waals surface area (Å²) in [5, 5.41) is 20.8. The van der Waals surface area contributed by atoms with Crippen LogP contribution in [0.5, 0.6) is 11.5 Å². The minimum Gasteiger partial charge on any atom is -0.493 e. The molecule has 0 saturated heterocycles. The van der Waals surface area contributed by atoms with Crippen molar-refractivity contribution >= 4 is 27.6 Å². The second-order valence-corrected chi connectivity index (χ2v) is 8.22. The number of benzene rings is 2. The number of hydrogen-bond acceptors (Lipinski definition) is 9. The molecule has 182 valence electrons. The summed E-state index contributed by atoms with van der Waals surface area (Å²) in [7, 11) is 1.44. The van der Waals surface area contributed by atoms with Gasteiger partial charge < -0.3 is 24.7 Å². The minimum absolute atomic E-state index is 0.0383. The molecule has 2 N–H and O–H groups in total. The number of halogens is 1. The predicted octanol–water partition coefficient (Wildman–Crippen LogP) is 4.59. The summed E-state index contributed by atoms with van der Waals surface area (Å²) < 4.78 is 22.5. The summed E-state index contributed by atoms with van der Waals surface area (Å²) in [5.74, 6) is -0.720. The zero-order valence-electron chi connectivity index (χ0n) is 19.2. The largest absolute Gasteiger partial charge is 0.493 e. The van der Waals surface area contributed by atoms with Crippen LogP contribution in [0.2, 0.25) is 0 Å². The minimum atomic E-state index is -0.858. The third-order valence-corrected chi connectivity index (χ3v) is 5.78. The lowest BCUT2D eigenvalue weighted by atomic mass is 9.83. The van der Waals surface area contributed by atoms with Crippen molar-refractivity contribution in [3.63, 3.8) is 0 Å². The third kappa shape index (κ3) is 5.38. The number of non-ortho nitro benzene ring substituents is 1. The molecule has 0 radical (unpaired) electrons. The molecule has 1 aliphatic rings. The van der Waals surface area contributed by atoms with E-state index in [0.717, 1.165) is 0 Å². The molecule has 2 aromatic rings. The molecule has 0 bridgehead atoms. The Balaban J connectivity index is 2.02. The van der Waals surface area contributed by atoms with E-state index in [4.69, 9.17) is 24.7 Å². The molecule has 0 amide bonds. The molecule has 1 aliphatic heterocycles. The van der Waals surface area contributed by atoms with Gasteiger partial charge in [-0.05, 0) is 53.0 Å². The van der Waals surface area contributed by atoms with Crippen molar-refractivity contribution in [3.05, 3.63) is 84.9 Å². The standard InChI is InChI=1S/C24H22BrN3O7/c1-4-33-24(29)20-13(2)35-23(27)17(11-26)21(20)15-9-18(25)22(19(10-15)32-3)34-12-14-6-5-7-16(8-14)28(30)31/h5-10,21H,4,12,27H2,1-3H3. The van der Waals surface area contributed by atoms with Crippen molar-refractivity contribution in [1.82, 2.24) is 0 Å². The Morgan fingerprint density at radius 1 is 1.34 bits per heavy atom. The van der Waals surface area contributed by atoms with Crippen molar-refractivity contribution in [3.8, 4) is 17.6 Å². The number of ether oxygens (including phenoxy) is 4. The van der Waals surface area contributed by atoms with Gasteiger partial charge in [-0.25, -0.2) is 4.79 Å². The number of nitrogens with zero attached hydrogens (tertiary/aromatic N) is 2. The Morgan fingerprint density at radius 3 is 2.71 bits per heavy atom. The Morgan fingerprint density at radius 2 is 2.09 bits per heavy atom. The SMILES string of the molecule is CCOC(=O)C1=C(C)OC(N)=C(C#N)C1c1cc(Br)c(OCc2cccc([N+](=O)[O-])c2)c(OC)c1. The number of nitro groups is 1. The highest BCUT2D eigenvalue weighted by atomic mass is 79.9. The highest BCUT2D eigenvalue weighted by Gasteiger charge is 2.37. The first kappa shape index (κ1) is 25.6. The fourth-order valence-corrected chi connectivity index (χ4v) is 4.22. The van der Waals surface area contributed by atoms with Crippen LogP contribution in [-0.4, -0.2) is 24.6 Å².